The highest BCUT2D eigenvalue weighted by Gasteiger charge is 2.19. The normalized spacial score (nSPS) is 14.3. The third-order valence-corrected chi connectivity index (χ3v) is 7.92. The van der Waals surface area contributed by atoms with E-state index in [4.69, 9.17) is 16.0 Å². The molecule has 1 amide bonds. The lowest BCUT2D eigenvalue weighted by atomic mass is 10.1. The lowest BCUT2D eigenvalue weighted by Crippen LogP contribution is -2.37. The number of thioether (sulfide) groups is 1. The molecule has 4 aromatic rings. The summed E-state index contributed by atoms with van der Waals surface area (Å²) in [4.78, 5) is 19.5. The zero-order valence-electron chi connectivity index (χ0n) is 19.0. The number of carbonyl (C=O) groups is 1. The molecule has 182 valence electrons. The highest BCUT2D eigenvalue weighted by atomic mass is 35.5. The molecule has 1 aliphatic heterocycles. The van der Waals surface area contributed by atoms with Crippen LogP contribution in [0.15, 0.2) is 57.6 Å². The molecule has 1 saturated heterocycles. The Balaban J connectivity index is 1.24. The standard InChI is InChI=1S/C24H25ClN6O2S2/c25-17-6-4-7-18(14-17)31-22(20-8-5-13-33-20)28-29-24(31)35-16-21-27-19(15-34-21)23(32)26-9-12-30-10-2-1-3-11-30/h4-8,13-15H,1-3,9-12,16H2,(H,26,32). The maximum Gasteiger partial charge on any atom is 0.270 e. The first-order valence-electron chi connectivity index (χ1n) is 11.5. The van der Waals surface area contributed by atoms with Crippen LogP contribution in [0.25, 0.3) is 17.3 Å². The van der Waals surface area contributed by atoms with Crippen LogP contribution in [0.5, 0.6) is 0 Å². The van der Waals surface area contributed by atoms with Gasteiger partial charge in [0.25, 0.3) is 5.91 Å². The summed E-state index contributed by atoms with van der Waals surface area (Å²) in [6.07, 6.45) is 5.40. The minimum Gasteiger partial charge on any atom is -0.461 e. The van der Waals surface area contributed by atoms with Crippen molar-refractivity contribution in [2.24, 2.45) is 0 Å². The number of nitrogens with zero attached hydrogens (tertiary/aromatic N) is 5. The number of likely N-dealkylation sites (tertiary alicyclic amines) is 1. The molecule has 35 heavy (non-hydrogen) atoms. The second-order valence-electron chi connectivity index (χ2n) is 8.17. The van der Waals surface area contributed by atoms with Crippen molar-refractivity contribution < 1.29 is 9.21 Å². The number of carbonyl (C=O) groups excluding carboxylic acids is 1. The van der Waals surface area contributed by atoms with Crippen molar-refractivity contribution in [1.82, 2.24) is 30.0 Å². The quantitative estimate of drug-likeness (QED) is 0.301. The first kappa shape index (κ1) is 24.1. The van der Waals surface area contributed by atoms with Gasteiger partial charge in [-0.15, -0.1) is 21.5 Å². The van der Waals surface area contributed by atoms with Crippen molar-refractivity contribution in [2.75, 3.05) is 26.2 Å². The molecule has 1 N–H and O–H groups in total. The van der Waals surface area contributed by atoms with Crippen molar-refractivity contribution in [3.05, 3.63) is 63.8 Å². The van der Waals surface area contributed by atoms with Crippen LogP contribution in [0.1, 0.15) is 34.8 Å². The van der Waals surface area contributed by atoms with Crippen LogP contribution in [-0.2, 0) is 5.75 Å². The minimum atomic E-state index is -0.128. The van der Waals surface area contributed by atoms with E-state index in [0.717, 1.165) is 30.3 Å². The van der Waals surface area contributed by atoms with E-state index in [1.807, 2.05) is 46.3 Å². The third-order valence-electron chi connectivity index (χ3n) is 5.71. The molecule has 0 saturated carbocycles. The molecule has 0 atom stereocenters. The summed E-state index contributed by atoms with van der Waals surface area (Å²) in [5, 5.41) is 15.7. The molecule has 0 spiro atoms. The predicted octanol–water partition coefficient (Wildman–Crippen LogP) is 5.15. The average molecular weight is 529 g/mol. The number of halogens is 1. The SMILES string of the molecule is O=C(NCCN1CCCCC1)c1csc(CSc2nnc(-c3ccco3)n2-c2cccc(Cl)c2)n1. The van der Waals surface area contributed by atoms with Gasteiger partial charge in [-0.2, -0.15) is 0 Å². The second kappa shape index (κ2) is 11.4. The van der Waals surface area contributed by atoms with Crippen LogP contribution in [-0.4, -0.2) is 56.7 Å². The molecule has 11 heteroatoms. The number of nitrogens with one attached hydrogen (secondary N) is 1. The smallest absolute Gasteiger partial charge is 0.270 e. The highest BCUT2D eigenvalue weighted by Crippen LogP contribution is 2.31. The Kier molecular flexibility index (Phi) is 7.82. The van der Waals surface area contributed by atoms with Crippen molar-refractivity contribution in [1.29, 1.82) is 0 Å². The van der Waals surface area contributed by atoms with E-state index in [2.05, 4.69) is 25.4 Å². The molecule has 0 bridgehead atoms. The number of piperidine rings is 1. The summed E-state index contributed by atoms with van der Waals surface area (Å²) in [5.74, 6) is 1.63. The predicted molar refractivity (Wildman–Crippen MR) is 138 cm³/mol. The number of hydrogen-bond donors (Lipinski definition) is 1. The van der Waals surface area contributed by atoms with E-state index < -0.39 is 0 Å². The van der Waals surface area contributed by atoms with E-state index in [-0.39, 0.29) is 5.91 Å². The molecule has 0 radical (unpaired) electrons. The van der Waals surface area contributed by atoms with Gasteiger partial charge in [0.05, 0.1) is 17.7 Å². The van der Waals surface area contributed by atoms with Gasteiger partial charge >= 0.3 is 0 Å². The van der Waals surface area contributed by atoms with Crippen LogP contribution >= 0.6 is 34.7 Å². The molecule has 1 aliphatic rings. The first-order valence-corrected chi connectivity index (χ1v) is 13.7. The van der Waals surface area contributed by atoms with Crippen molar-refractivity contribution >= 4 is 40.6 Å². The number of aromatic nitrogens is 4. The zero-order chi connectivity index (χ0) is 24.0. The second-order valence-corrected chi connectivity index (χ2v) is 10.5. The Bertz CT molecular complexity index is 1270. The summed E-state index contributed by atoms with van der Waals surface area (Å²) in [6.45, 7) is 3.76. The molecule has 0 aliphatic carbocycles. The van der Waals surface area contributed by atoms with E-state index in [1.54, 1.807) is 6.26 Å². The molecule has 8 nitrogen and oxygen atoms in total. The van der Waals surface area contributed by atoms with Gasteiger partial charge in [0, 0.05) is 23.5 Å². The Morgan fingerprint density at radius 3 is 2.86 bits per heavy atom. The average Bonchev–Trinajstić information content (AvgIpc) is 3.64. The summed E-state index contributed by atoms with van der Waals surface area (Å²) in [7, 11) is 0. The van der Waals surface area contributed by atoms with Gasteiger partial charge < -0.3 is 14.6 Å². The topological polar surface area (TPSA) is 89.1 Å². The fourth-order valence-corrected chi connectivity index (χ4v) is 5.91. The summed E-state index contributed by atoms with van der Waals surface area (Å²) in [6, 6.07) is 11.2. The number of amides is 1. The number of rotatable bonds is 9. The van der Waals surface area contributed by atoms with E-state index in [9.17, 15) is 4.79 Å². The van der Waals surface area contributed by atoms with Gasteiger partial charge in [-0.3, -0.25) is 9.36 Å². The van der Waals surface area contributed by atoms with E-state index in [0.29, 0.717) is 39.8 Å². The van der Waals surface area contributed by atoms with Gasteiger partial charge in [-0.1, -0.05) is 35.9 Å². The van der Waals surface area contributed by atoms with Crippen LogP contribution in [0.2, 0.25) is 5.02 Å². The van der Waals surface area contributed by atoms with Gasteiger partial charge in [-0.05, 0) is 56.3 Å². The summed E-state index contributed by atoms with van der Waals surface area (Å²) < 4.78 is 7.48. The maximum atomic E-state index is 12.5. The van der Waals surface area contributed by atoms with Crippen LogP contribution < -0.4 is 5.32 Å². The Morgan fingerprint density at radius 1 is 1.17 bits per heavy atom. The molecular formula is C24H25ClN6O2S2. The fraction of sp³-hybridized carbons (Fsp3) is 0.333. The van der Waals surface area contributed by atoms with Gasteiger partial charge in [0.2, 0.25) is 5.82 Å². The minimum absolute atomic E-state index is 0.128. The summed E-state index contributed by atoms with van der Waals surface area (Å²) >= 11 is 9.21. The molecule has 4 heterocycles. The molecule has 1 aromatic carbocycles. The van der Waals surface area contributed by atoms with Crippen molar-refractivity contribution in [3.63, 3.8) is 0 Å². The van der Waals surface area contributed by atoms with Crippen molar-refractivity contribution in [3.8, 4) is 17.3 Å². The molecule has 3 aromatic heterocycles. The molecule has 1 fully saturated rings. The fourth-order valence-electron chi connectivity index (χ4n) is 3.99. The van der Waals surface area contributed by atoms with E-state index in [1.165, 1.54) is 42.4 Å². The highest BCUT2D eigenvalue weighted by molar-refractivity contribution is 7.98. The number of thiazole rings is 1. The number of benzene rings is 1. The van der Waals surface area contributed by atoms with Crippen LogP contribution in [0, 0.1) is 0 Å². The maximum absolute atomic E-state index is 12.5. The van der Waals surface area contributed by atoms with Crippen LogP contribution in [0.4, 0.5) is 0 Å². The third kappa shape index (κ3) is 5.95. The largest absolute Gasteiger partial charge is 0.461 e. The van der Waals surface area contributed by atoms with Gasteiger partial charge in [0.1, 0.15) is 10.7 Å². The molecule has 5 rings (SSSR count). The van der Waals surface area contributed by atoms with Crippen molar-refractivity contribution in [2.45, 2.75) is 30.2 Å². The van der Waals surface area contributed by atoms with Gasteiger partial charge in [-0.25, -0.2) is 4.98 Å². The Hall–Kier alpha value is -2.66. The van der Waals surface area contributed by atoms with Crippen LogP contribution in [0.3, 0.4) is 0 Å². The number of hydrogen-bond acceptors (Lipinski definition) is 8. The zero-order valence-corrected chi connectivity index (χ0v) is 21.4. The number of furan rings is 1. The molecule has 0 unspecified atom stereocenters. The lowest BCUT2D eigenvalue weighted by molar-refractivity contribution is 0.0942. The Morgan fingerprint density at radius 2 is 2.06 bits per heavy atom. The Labute approximate surface area is 216 Å². The molecular weight excluding hydrogens is 504 g/mol. The first-order chi connectivity index (χ1) is 17.2. The summed E-state index contributed by atoms with van der Waals surface area (Å²) in [5.41, 5.74) is 1.29. The monoisotopic (exact) mass is 528 g/mol. The van der Waals surface area contributed by atoms with E-state index >= 15 is 0 Å². The lowest BCUT2D eigenvalue weighted by Gasteiger charge is -2.26. The van der Waals surface area contributed by atoms with Gasteiger partial charge in [0.15, 0.2) is 10.9 Å².